The summed E-state index contributed by atoms with van der Waals surface area (Å²) in [7, 11) is -3.57. The zero-order valence-electron chi connectivity index (χ0n) is 24.9. The maximum absolute atomic E-state index is 14.0. The molecule has 254 valence electrons. The third kappa shape index (κ3) is 9.76. The zero-order valence-corrected chi connectivity index (χ0v) is 25.8. The third-order valence-electron chi connectivity index (χ3n) is 6.86. The molecule has 6 atom stereocenters. The number of ketones is 3. The number of anilines is 1. The van der Waals surface area contributed by atoms with Crippen LogP contribution in [0.3, 0.4) is 0 Å². The van der Waals surface area contributed by atoms with Crippen molar-refractivity contribution < 1.29 is 67.4 Å². The molecule has 20 heteroatoms. The summed E-state index contributed by atoms with van der Waals surface area (Å²) in [5.74, 6) is -3.76. The van der Waals surface area contributed by atoms with Crippen molar-refractivity contribution in [3.05, 3.63) is 22.7 Å². The number of carbonyl (C=O) groups excluding carboxylic acids is 4. The second-order valence-electron chi connectivity index (χ2n) is 10.00. The van der Waals surface area contributed by atoms with Gasteiger partial charge in [-0.25, -0.2) is 14.4 Å². The second kappa shape index (κ2) is 17.1. The Kier molecular flexibility index (Phi) is 14.5. The molecular weight excluding hydrogens is 627 g/mol. The molecule has 1 saturated heterocycles. The summed E-state index contributed by atoms with van der Waals surface area (Å²) >= 11 is 0. The van der Waals surface area contributed by atoms with Crippen LogP contribution in [-0.2, 0) is 47.0 Å². The van der Waals surface area contributed by atoms with Gasteiger partial charge in [0, 0.05) is 33.1 Å². The number of nitrogens with two attached hydrogens (primary N) is 1. The Labute approximate surface area is 257 Å². The minimum absolute atomic E-state index is 0.0703. The first-order valence-corrected chi connectivity index (χ1v) is 15.2. The smallest absolute Gasteiger partial charge is 0.406 e. The van der Waals surface area contributed by atoms with Gasteiger partial charge in [0.25, 0.3) is 0 Å². The van der Waals surface area contributed by atoms with E-state index in [-0.39, 0.29) is 5.82 Å². The lowest BCUT2D eigenvalue weighted by Crippen LogP contribution is -2.48. The van der Waals surface area contributed by atoms with Crippen LogP contribution in [0, 0.1) is 5.41 Å². The summed E-state index contributed by atoms with van der Waals surface area (Å²) in [5, 5.41) is 41.1. The summed E-state index contributed by atoms with van der Waals surface area (Å²) < 4.78 is 41.9. The molecule has 1 aromatic rings. The van der Waals surface area contributed by atoms with E-state index in [4.69, 9.17) is 29.0 Å². The van der Waals surface area contributed by atoms with Crippen LogP contribution in [0.2, 0.25) is 0 Å². The van der Waals surface area contributed by atoms with Crippen molar-refractivity contribution in [2.75, 3.05) is 52.5 Å². The maximum atomic E-state index is 14.0. The number of aliphatic hydroxyl groups is 4. The summed E-state index contributed by atoms with van der Waals surface area (Å²) in [4.78, 5) is 65.9. The summed E-state index contributed by atoms with van der Waals surface area (Å²) in [6, 6.07) is -0.0735. The van der Waals surface area contributed by atoms with Gasteiger partial charge in [0.1, 0.15) is 42.8 Å². The van der Waals surface area contributed by atoms with E-state index in [2.05, 4.69) is 10.1 Å². The molecule has 2 rings (SSSR count). The predicted molar refractivity (Wildman–Crippen MR) is 150 cm³/mol. The van der Waals surface area contributed by atoms with E-state index in [9.17, 15) is 49.0 Å². The molecule has 1 fully saturated rings. The minimum atomic E-state index is -4.80. The molecule has 0 spiro atoms. The maximum Gasteiger partial charge on any atom is 0.406 e. The molecule has 19 nitrogen and oxygen atoms in total. The standard InChI is InChI=1S/C25H39N4O15P/c1-14(16(34)10-32)28-45(39,43-13-25(12-41-15(2)33,18(35)5-8-30)19(36)6-9-31)42-11-17-21(37)22(40-3)23(44-17)29-7-4-20(26)27-24(29)38/h4,7,14,17,21-23,30-32,37H,5-6,8-13H2,1-3H3,(H,28,39)(H2,26,27,38)/t14-,17+,21?,22?,23+,45?/m0/s1. The lowest BCUT2D eigenvalue weighted by atomic mass is 9.78. The summed E-state index contributed by atoms with van der Waals surface area (Å²) in [6.45, 7) is -2.93. The van der Waals surface area contributed by atoms with E-state index in [1.54, 1.807) is 0 Å². The van der Waals surface area contributed by atoms with Crippen molar-refractivity contribution in [3.63, 3.8) is 0 Å². The average molecular weight is 667 g/mol. The van der Waals surface area contributed by atoms with E-state index >= 15 is 0 Å². The summed E-state index contributed by atoms with van der Waals surface area (Å²) in [5.41, 5.74) is 2.34. The molecule has 0 aromatic carbocycles. The highest BCUT2D eigenvalue weighted by Gasteiger charge is 2.50. The van der Waals surface area contributed by atoms with Crippen molar-refractivity contribution in [1.82, 2.24) is 14.6 Å². The second-order valence-corrected chi connectivity index (χ2v) is 11.8. The number of nitrogens with one attached hydrogen (secondary N) is 1. The number of rotatable bonds is 20. The largest absolute Gasteiger partial charge is 0.464 e. The van der Waals surface area contributed by atoms with Crippen LogP contribution >= 0.6 is 7.75 Å². The van der Waals surface area contributed by atoms with Gasteiger partial charge in [0.15, 0.2) is 23.6 Å². The first-order valence-electron chi connectivity index (χ1n) is 13.6. The number of esters is 1. The van der Waals surface area contributed by atoms with E-state index in [0.717, 1.165) is 11.5 Å². The predicted octanol–water partition coefficient (Wildman–Crippen LogP) is -2.77. The SMILES string of the molecule is COC1C(O)[C@@H](COP(=O)(N[C@@H](C)C(=O)CO)OCC(COC(C)=O)(C(=O)CCO)C(=O)CCO)O[C@H]1n1ccc(N)nc1=O. The molecule has 1 aliphatic heterocycles. The number of nitrogen functional groups attached to an aromatic ring is 1. The molecule has 0 saturated carbocycles. The van der Waals surface area contributed by atoms with Gasteiger partial charge in [-0.15, -0.1) is 0 Å². The van der Waals surface area contributed by atoms with Gasteiger partial charge in [0.05, 0.1) is 32.5 Å². The van der Waals surface area contributed by atoms with E-state index in [1.165, 1.54) is 26.3 Å². The highest BCUT2D eigenvalue weighted by molar-refractivity contribution is 7.51. The molecular formula is C25H39N4O15P. The number of hydrogen-bond donors (Lipinski definition) is 6. The quantitative estimate of drug-likeness (QED) is 0.0466. The average Bonchev–Trinajstić information content (AvgIpc) is 3.30. The molecule has 0 amide bonds. The number of methoxy groups -OCH3 is 1. The van der Waals surface area contributed by atoms with Crippen molar-refractivity contribution >= 4 is 36.9 Å². The molecule has 0 bridgehead atoms. The van der Waals surface area contributed by atoms with Gasteiger partial charge in [-0.3, -0.25) is 32.8 Å². The molecule has 3 unspecified atom stereocenters. The Hall–Kier alpha value is -2.97. The number of carbonyl (C=O) groups is 4. The topological polar surface area (TPSA) is 285 Å². The number of hydrogen-bond acceptors (Lipinski definition) is 17. The van der Waals surface area contributed by atoms with Crippen LogP contribution in [0.4, 0.5) is 5.82 Å². The van der Waals surface area contributed by atoms with Crippen LogP contribution in [0.15, 0.2) is 17.1 Å². The lowest BCUT2D eigenvalue weighted by Gasteiger charge is -2.32. The van der Waals surface area contributed by atoms with Gasteiger partial charge in [0.2, 0.25) is 0 Å². The molecule has 45 heavy (non-hydrogen) atoms. The first-order chi connectivity index (χ1) is 21.2. The minimum Gasteiger partial charge on any atom is -0.464 e. The van der Waals surface area contributed by atoms with Crippen molar-refractivity contribution in [3.8, 4) is 0 Å². The molecule has 0 aliphatic carbocycles. The van der Waals surface area contributed by atoms with Gasteiger partial charge in [-0.1, -0.05) is 0 Å². The van der Waals surface area contributed by atoms with Crippen molar-refractivity contribution in [2.45, 2.75) is 57.3 Å². The fraction of sp³-hybridized carbons (Fsp3) is 0.680. The number of aromatic nitrogens is 2. The summed E-state index contributed by atoms with van der Waals surface area (Å²) in [6.07, 6.45) is -5.20. The Bertz CT molecular complexity index is 1290. The fourth-order valence-corrected chi connectivity index (χ4v) is 5.88. The molecule has 7 N–H and O–H groups in total. The van der Waals surface area contributed by atoms with Gasteiger partial charge < -0.3 is 40.4 Å². The number of ether oxygens (including phenoxy) is 3. The Morgan fingerprint density at radius 1 is 1.16 bits per heavy atom. The number of aliphatic hydroxyl groups excluding tert-OH is 4. The Morgan fingerprint density at radius 3 is 2.29 bits per heavy atom. The first kappa shape index (κ1) is 38.2. The van der Waals surface area contributed by atoms with Crippen molar-refractivity contribution in [1.29, 1.82) is 0 Å². The van der Waals surface area contributed by atoms with Crippen LogP contribution in [0.25, 0.3) is 0 Å². The van der Waals surface area contributed by atoms with Crippen LogP contribution in [0.5, 0.6) is 0 Å². The van der Waals surface area contributed by atoms with Gasteiger partial charge in [-0.2, -0.15) is 4.98 Å². The Morgan fingerprint density at radius 2 is 1.78 bits per heavy atom. The highest BCUT2D eigenvalue weighted by atomic mass is 31.2. The number of Topliss-reactive ketones (excluding diaryl/α,β-unsaturated/α-hetero) is 3. The van der Waals surface area contributed by atoms with Crippen molar-refractivity contribution in [2.24, 2.45) is 5.41 Å². The normalized spacial score (nSPS) is 22.0. The highest BCUT2D eigenvalue weighted by Crippen LogP contribution is 2.47. The van der Waals surface area contributed by atoms with Crippen LogP contribution in [-0.4, -0.2) is 124 Å². The fourth-order valence-electron chi connectivity index (χ4n) is 4.30. The molecule has 1 aromatic heterocycles. The van der Waals surface area contributed by atoms with Crippen LogP contribution < -0.4 is 16.5 Å². The number of nitrogens with zero attached hydrogens (tertiary/aromatic N) is 2. The van der Waals surface area contributed by atoms with Gasteiger partial charge >= 0.3 is 19.4 Å². The molecule has 0 radical (unpaired) electrons. The molecule has 2 heterocycles. The lowest BCUT2D eigenvalue weighted by molar-refractivity contribution is -0.155. The molecule has 1 aliphatic rings. The van der Waals surface area contributed by atoms with E-state index < -0.39 is 125 Å². The van der Waals surface area contributed by atoms with Crippen LogP contribution in [0.1, 0.15) is 32.9 Å². The van der Waals surface area contributed by atoms with E-state index in [0.29, 0.717) is 0 Å². The monoisotopic (exact) mass is 666 g/mol. The third-order valence-corrected chi connectivity index (χ3v) is 8.52. The zero-order chi connectivity index (χ0) is 33.9. The Balaban J connectivity index is 2.42. The van der Waals surface area contributed by atoms with Gasteiger partial charge in [-0.05, 0) is 13.0 Å². The van der Waals surface area contributed by atoms with E-state index in [1.807, 2.05) is 0 Å².